The molecule has 3 heteroatoms. The average Bonchev–Trinajstić information content (AvgIpc) is 2.62. The maximum Gasteiger partial charge on any atom is 0.254 e. The zero-order valence-electron chi connectivity index (χ0n) is 9.66. The van der Waals surface area contributed by atoms with Gasteiger partial charge in [-0.1, -0.05) is 15.9 Å². The molecule has 86 valence electrons. The summed E-state index contributed by atoms with van der Waals surface area (Å²) in [7, 11) is 0. The zero-order valence-corrected chi connectivity index (χ0v) is 11.3. The summed E-state index contributed by atoms with van der Waals surface area (Å²) >= 11 is 3.43. The Bertz CT molecular complexity index is 396. The molecule has 1 aromatic carbocycles. The number of carbonyl (C=O) groups is 1. The summed E-state index contributed by atoms with van der Waals surface area (Å²) in [4.78, 5) is 14.2. The minimum atomic E-state index is 0.161. The van der Waals surface area contributed by atoms with E-state index in [1.165, 1.54) is 0 Å². The van der Waals surface area contributed by atoms with Crippen LogP contribution in [0.4, 0.5) is 0 Å². The van der Waals surface area contributed by atoms with Crippen molar-refractivity contribution in [2.24, 2.45) is 0 Å². The van der Waals surface area contributed by atoms with E-state index in [0.29, 0.717) is 6.04 Å². The minimum absolute atomic E-state index is 0.161. The lowest BCUT2D eigenvalue weighted by Gasteiger charge is -2.21. The highest BCUT2D eigenvalue weighted by molar-refractivity contribution is 9.10. The second-order valence-corrected chi connectivity index (χ2v) is 5.42. The van der Waals surface area contributed by atoms with Crippen LogP contribution in [0.3, 0.4) is 0 Å². The molecule has 0 aliphatic carbocycles. The van der Waals surface area contributed by atoms with E-state index < -0.39 is 0 Å². The first-order chi connectivity index (χ1) is 7.58. The van der Waals surface area contributed by atoms with E-state index in [-0.39, 0.29) is 5.91 Å². The second-order valence-electron chi connectivity index (χ2n) is 4.51. The summed E-state index contributed by atoms with van der Waals surface area (Å²) in [5.74, 6) is 0.161. The van der Waals surface area contributed by atoms with Gasteiger partial charge in [-0.05, 0) is 50.5 Å². The Morgan fingerprint density at radius 2 is 2.19 bits per heavy atom. The van der Waals surface area contributed by atoms with Gasteiger partial charge in [0.1, 0.15) is 0 Å². The molecule has 1 amide bonds. The molecule has 2 nitrogen and oxygen atoms in total. The van der Waals surface area contributed by atoms with Crippen molar-refractivity contribution in [3.05, 3.63) is 33.8 Å². The van der Waals surface area contributed by atoms with Crippen LogP contribution in [0.1, 0.15) is 35.7 Å². The quantitative estimate of drug-likeness (QED) is 0.773. The zero-order chi connectivity index (χ0) is 11.7. The third-order valence-electron chi connectivity index (χ3n) is 3.10. The highest BCUT2D eigenvalue weighted by Crippen LogP contribution is 2.22. The van der Waals surface area contributed by atoms with Gasteiger partial charge in [0.25, 0.3) is 5.91 Å². The van der Waals surface area contributed by atoms with Crippen LogP contribution in [-0.4, -0.2) is 23.4 Å². The first-order valence-corrected chi connectivity index (χ1v) is 6.45. The number of hydrogen-bond donors (Lipinski definition) is 0. The molecule has 1 unspecified atom stereocenters. The fourth-order valence-corrected chi connectivity index (χ4v) is 2.87. The Morgan fingerprint density at radius 3 is 2.75 bits per heavy atom. The number of amides is 1. The van der Waals surface area contributed by atoms with Gasteiger partial charge in [0.2, 0.25) is 0 Å². The molecule has 0 spiro atoms. The van der Waals surface area contributed by atoms with Crippen LogP contribution in [0.25, 0.3) is 0 Å². The molecule has 1 aliphatic heterocycles. The van der Waals surface area contributed by atoms with Gasteiger partial charge in [0.15, 0.2) is 0 Å². The monoisotopic (exact) mass is 281 g/mol. The van der Waals surface area contributed by atoms with E-state index in [4.69, 9.17) is 0 Å². The summed E-state index contributed by atoms with van der Waals surface area (Å²) < 4.78 is 0.975. The molecule has 0 aromatic heterocycles. The number of aryl methyl sites for hydroxylation is 1. The summed E-state index contributed by atoms with van der Waals surface area (Å²) in [6.45, 7) is 5.02. The van der Waals surface area contributed by atoms with Crippen molar-refractivity contribution in [3.8, 4) is 0 Å². The number of halogens is 1. The predicted molar refractivity (Wildman–Crippen MR) is 68.6 cm³/mol. The number of carbonyl (C=O) groups excluding carboxylic acids is 1. The van der Waals surface area contributed by atoms with Crippen LogP contribution in [0.2, 0.25) is 0 Å². The van der Waals surface area contributed by atoms with Gasteiger partial charge < -0.3 is 4.90 Å². The Morgan fingerprint density at radius 1 is 1.44 bits per heavy atom. The maximum absolute atomic E-state index is 12.3. The molecule has 1 aliphatic rings. The van der Waals surface area contributed by atoms with E-state index in [9.17, 15) is 4.79 Å². The summed E-state index contributed by atoms with van der Waals surface area (Å²) in [5, 5.41) is 0. The Kier molecular flexibility index (Phi) is 3.33. The molecule has 0 radical (unpaired) electrons. The summed E-state index contributed by atoms with van der Waals surface area (Å²) in [6, 6.07) is 6.26. The highest BCUT2D eigenvalue weighted by Gasteiger charge is 2.25. The van der Waals surface area contributed by atoms with E-state index in [1.54, 1.807) is 0 Å². The molecule has 1 heterocycles. The van der Waals surface area contributed by atoms with Crippen molar-refractivity contribution >= 4 is 21.8 Å². The van der Waals surface area contributed by atoms with Gasteiger partial charge in [-0.2, -0.15) is 0 Å². The molecular weight excluding hydrogens is 266 g/mol. The standard InChI is InChI=1S/C13H16BrNO/c1-9-6-11(8-12(14)7-9)13(16)15-5-3-4-10(15)2/h6-8,10H,3-5H2,1-2H3. The molecule has 0 N–H and O–H groups in total. The smallest absolute Gasteiger partial charge is 0.254 e. The summed E-state index contributed by atoms with van der Waals surface area (Å²) in [6.07, 6.45) is 2.25. The Hall–Kier alpha value is -0.830. The van der Waals surface area contributed by atoms with Crippen LogP contribution < -0.4 is 0 Å². The average molecular weight is 282 g/mol. The number of benzene rings is 1. The van der Waals surface area contributed by atoms with Gasteiger partial charge in [0.05, 0.1) is 0 Å². The Labute approximate surface area is 105 Å². The molecule has 16 heavy (non-hydrogen) atoms. The van der Waals surface area contributed by atoms with E-state index in [0.717, 1.165) is 35.0 Å². The molecule has 0 bridgehead atoms. The lowest BCUT2D eigenvalue weighted by atomic mass is 10.1. The lowest BCUT2D eigenvalue weighted by Crippen LogP contribution is -2.33. The number of rotatable bonds is 1. The van der Waals surface area contributed by atoms with E-state index in [1.807, 2.05) is 30.0 Å². The minimum Gasteiger partial charge on any atom is -0.336 e. The molecule has 2 rings (SSSR count). The van der Waals surface area contributed by atoms with Crippen LogP contribution in [0.5, 0.6) is 0 Å². The summed E-state index contributed by atoms with van der Waals surface area (Å²) in [5.41, 5.74) is 1.91. The van der Waals surface area contributed by atoms with Gasteiger partial charge in [-0.3, -0.25) is 4.79 Å². The highest BCUT2D eigenvalue weighted by atomic mass is 79.9. The van der Waals surface area contributed by atoms with Gasteiger partial charge in [0, 0.05) is 22.6 Å². The lowest BCUT2D eigenvalue weighted by molar-refractivity contribution is 0.0747. The molecule has 1 saturated heterocycles. The van der Waals surface area contributed by atoms with Crippen molar-refractivity contribution in [1.29, 1.82) is 0 Å². The third kappa shape index (κ3) is 2.29. The van der Waals surface area contributed by atoms with Crippen molar-refractivity contribution < 1.29 is 4.79 Å². The third-order valence-corrected chi connectivity index (χ3v) is 3.56. The first-order valence-electron chi connectivity index (χ1n) is 5.66. The molecule has 1 aromatic rings. The topological polar surface area (TPSA) is 20.3 Å². The van der Waals surface area contributed by atoms with E-state index in [2.05, 4.69) is 22.9 Å². The molecule has 0 saturated carbocycles. The largest absolute Gasteiger partial charge is 0.336 e. The van der Waals surface area contributed by atoms with Gasteiger partial charge in [-0.25, -0.2) is 0 Å². The molecule has 1 atom stereocenters. The second kappa shape index (κ2) is 4.58. The predicted octanol–water partition coefficient (Wildman–Crippen LogP) is 3.38. The number of nitrogens with zero attached hydrogens (tertiary/aromatic N) is 1. The van der Waals surface area contributed by atoms with Gasteiger partial charge >= 0.3 is 0 Å². The van der Waals surface area contributed by atoms with Crippen molar-refractivity contribution in [1.82, 2.24) is 4.90 Å². The van der Waals surface area contributed by atoms with Crippen LogP contribution >= 0.6 is 15.9 Å². The number of hydrogen-bond acceptors (Lipinski definition) is 1. The van der Waals surface area contributed by atoms with Crippen LogP contribution in [0, 0.1) is 6.92 Å². The van der Waals surface area contributed by atoms with Gasteiger partial charge in [-0.15, -0.1) is 0 Å². The molecular formula is C13H16BrNO. The van der Waals surface area contributed by atoms with Crippen molar-refractivity contribution in [2.75, 3.05) is 6.54 Å². The normalized spacial score (nSPS) is 20.2. The van der Waals surface area contributed by atoms with Crippen molar-refractivity contribution in [3.63, 3.8) is 0 Å². The maximum atomic E-state index is 12.3. The van der Waals surface area contributed by atoms with Crippen molar-refractivity contribution in [2.45, 2.75) is 32.7 Å². The van der Waals surface area contributed by atoms with Crippen LogP contribution in [0.15, 0.2) is 22.7 Å². The number of likely N-dealkylation sites (tertiary alicyclic amines) is 1. The first kappa shape index (κ1) is 11.6. The molecule has 1 fully saturated rings. The van der Waals surface area contributed by atoms with E-state index >= 15 is 0 Å². The fourth-order valence-electron chi connectivity index (χ4n) is 2.26. The SMILES string of the molecule is Cc1cc(Br)cc(C(=O)N2CCCC2C)c1. The fraction of sp³-hybridized carbons (Fsp3) is 0.462. The Balaban J connectivity index is 2.26. The van der Waals surface area contributed by atoms with Crippen LogP contribution in [-0.2, 0) is 0 Å².